The summed E-state index contributed by atoms with van der Waals surface area (Å²) in [5, 5.41) is 17.7. The van der Waals surface area contributed by atoms with Crippen molar-refractivity contribution in [2.24, 2.45) is 11.0 Å². The Bertz CT molecular complexity index is 1520. The minimum atomic E-state index is -1.09. The van der Waals surface area contributed by atoms with Crippen LogP contribution in [0.2, 0.25) is 0 Å². The van der Waals surface area contributed by atoms with Gasteiger partial charge in [-0.2, -0.15) is 5.10 Å². The Morgan fingerprint density at radius 2 is 1.93 bits per heavy atom. The molecule has 0 spiro atoms. The zero-order valence-electron chi connectivity index (χ0n) is 26.3. The molecule has 2 aromatic rings. The monoisotopic (exact) mass is 602 g/mol. The van der Waals surface area contributed by atoms with Crippen molar-refractivity contribution in [1.82, 2.24) is 5.01 Å². The first-order chi connectivity index (χ1) is 21.0. The molecule has 234 valence electrons. The molecule has 7 nitrogen and oxygen atoms in total. The van der Waals surface area contributed by atoms with Crippen LogP contribution in [0.15, 0.2) is 112 Å². The molecule has 0 fully saturated rings. The first-order valence-corrected chi connectivity index (χ1v) is 14.6. The Hall–Kier alpha value is -4.52. The van der Waals surface area contributed by atoms with E-state index in [1.54, 1.807) is 59.8 Å². The molecule has 0 aliphatic rings. The molecule has 0 aliphatic carbocycles. The highest BCUT2D eigenvalue weighted by atomic mass is 19.1. The highest BCUT2D eigenvalue weighted by Gasteiger charge is 2.20. The fourth-order valence-electron chi connectivity index (χ4n) is 4.29. The number of para-hydroxylation sites is 1. The lowest BCUT2D eigenvalue weighted by atomic mass is 9.94. The summed E-state index contributed by atoms with van der Waals surface area (Å²) in [4.78, 5) is 24.8. The van der Waals surface area contributed by atoms with E-state index in [1.165, 1.54) is 13.0 Å². The number of aliphatic hydroxyl groups excluding tert-OH is 1. The Balaban J connectivity index is 2.24. The lowest BCUT2D eigenvalue weighted by Gasteiger charge is -2.19. The number of allylic oxidation sites excluding steroid dienone is 7. The first kappa shape index (κ1) is 35.7. The molecule has 44 heavy (non-hydrogen) atoms. The lowest BCUT2D eigenvalue weighted by molar-refractivity contribution is -0.121. The summed E-state index contributed by atoms with van der Waals surface area (Å²) in [7, 11) is 0. The number of ether oxygens (including phenoxy) is 1. The summed E-state index contributed by atoms with van der Waals surface area (Å²) >= 11 is 0. The number of nitrogens with zero attached hydrogens (tertiary/aromatic N) is 2. The first-order valence-electron chi connectivity index (χ1n) is 14.6. The maximum atomic E-state index is 14.1. The molecule has 0 radical (unpaired) electrons. The third kappa shape index (κ3) is 11.0. The van der Waals surface area contributed by atoms with Crippen LogP contribution in [-0.4, -0.2) is 40.5 Å². The molecule has 0 bridgehead atoms. The van der Waals surface area contributed by atoms with Crippen LogP contribution in [0.25, 0.3) is 11.0 Å². The number of furan rings is 1. The van der Waals surface area contributed by atoms with Gasteiger partial charge in [-0.05, 0) is 56.5 Å². The van der Waals surface area contributed by atoms with Crippen molar-refractivity contribution in [3.8, 4) is 0 Å². The zero-order chi connectivity index (χ0) is 32.6. The van der Waals surface area contributed by atoms with Crippen LogP contribution >= 0.6 is 0 Å². The highest BCUT2D eigenvalue weighted by Crippen LogP contribution is 2.27. The van der Waals surface area contributed by atoms with Crippen molar-refractivity contribution >= 4 is 28.2 Å². The van der Waals surface area contributed by atoms with E-state index in [0.717, 1.165) is 0 Å². The van der Waals surface area contributed by atoms with Gasteiger partial charge in [0.25, 0.3) is 0 Å². The highest BCUT2D eigenvalue weighted by molar-refractivity contribution is 6.02. The van der Waals surface area contributed by atoms with Crippen molar-refractivity contribution in [3.05, 3.63) is 114 Å². The number of carbonyl (C=O) groups excluding carboxylic acids is 2. The van der Waals surface area contributed by atoms with Gasteiger partial charge >= 0.3 is 0 Å². The van der Waals surface area contributed by atoms with Crippen LogP contribution in [0.1, 0.15) is 65.7 Å². The molecule has 0 unspecified atom stereocenters. The molecule has 1 atom stereocenters. The number of halogens is 1. The summed E-state index contributed by atoms with van der Waals surface area (Å²) in [6.45, 7) is 16.7. The number of hydrazone groups is 1. The maximum Gasteiger partial charge on any atom is 0.170 e. The van der Waals surface area contributed by atoms with Crippen molar-refractivity contribution in [2.45, 2.75) is 60.0 Å². The van der Waals surface area contributed by atoms with Gasteiger partial charge in [0.2, 0.25) is 0 Å². The van der Waals surface area contributed by atoms with Crippen LogP contribution in [0.3, 0.4) is 0 Å². The number of carbonyl (C=O) groups is 2. The summed E-state index contributed by atoms with van der Waals surface area (Å²) in [6, 6.07) is 6.20. The van der Waals surface area contributed by atoms with Gasteiger partial charge in [-0.25, -0.2) is 4.39 Å². The standard InChI is InChI=1S/C36H43FN2O5/c1-8-11-12-20-33(43-24-27(7)40)35(25(4)5)31(41)19-14-13-18-30(26(6)10-3)38-39(21-9-2)23-32(42)34-22-28-16-15-17-29(37)36(28)44-34/h8-10,12-17,21-22,25,32,42H,3,6,18-20,23-24H2,1-2,4-5,7H3/b14-13+,21-9+,35-33+,38-30-/t11?,32-/m0/s1. The SMILES string of the molecule is C=CC(=C)/C(C/C=C/CC(=O)/C(=C(\CC=C=CC)OCC(C)=O)C(C)C)=N\N(/C=C/C)C[C@H](O)c1cc2cccc(F)c2o1. The number of Topliss-reactive ketones (excluding diaryl/α,β-unsaturated/α-hetero) is 2. The Morgan fingerprint density at radius 1 is 1.20 bits per heavy atom. The van der Waals surface area contributed by atoms with Gasteiger partial charge in [0.05, 0.1) is 12.3 Å². The van der Waals surface area contributed by atoms with Crippen LogP contribution < -0.4 is 0 Å². The van der Waals surface area contributed by atoms with Crippen LogP contribution in [-0.2, 0) is 14.3 Å². The molecule has 0 saturated heterocycles. The molecule has 0 amide bonds. The molecule has 1 aromatic heterocycles. The quantitative estimate of drug-likeness (QED) is 0.0353. The number of hydrogen-bond donors (Lipinski definition) is 1. The molecule has 0 aliphatic heterocycles. The third-order valence-corrected chi connectivity index (χ3v) is 6.37. The fraction of sp³-hybridized carbons (Fsp3) is 0.333. The van der Waals surface area contributed by atoms with E-state index >= 15 is 0 Å². The number of rotatable bonds is 18. The van der Waals surface area contributed by atoms with Gasteiger partial charge in [0.15, 0.2) is 23.0 Å². The van der Waals surface area contributed by atoms with E-state index < -0.39 is 11.9 Å². The molecule has 2 rings (SSSR count). The molecule has 1 N–H and O–H groups in total. The second kappa shape index (κ2) is 18.2. The Labute approximate surface area is 259 Å². The van der Waals surface area contributed by atoms with Gasteiger partial charge in [0, 0.05) is 36.4 Å². The van der Waals surface area contributed by atoms with Gasteiger partial charge in [-0.3, -0.25) is 14.6 Å². The third-order valence-electron chi connectivity index (χ3n) is 6.37. The van der Waals surface area contributed by atoms with E-state index in [0.29, 0.717) is 40.8 Å². The second-order valence-electron chi connectivity index (χ2n) is 10.4. The Morgan fingerprint density at radius 3 is 2.55 bits per heavy atom. The Kier molecular flexibility index (Phi) is 14.8. The smallest absolute Gasteiger partial charge is 0.170 e. The zero-order valence-corrected chi connectivity index (χ0v) is 26.3. The maximum absolute atomic E-state index is 14.1. The van der Waals surface area contributed by atoms with E-state index in [2.05, 4.69) is 24.0 Å². The fourth-order valence-corrected chi connectivity index (χ4v) is 4.29. The average Bonchev–Trinajstić information content (AvgIpc) is 3.43. The second-order valence-corrected chi connectivity index (χ2v) is 10.4. The number of ketones is 2. The molecular weight excluding hydrogens is 559 g/mol. The van der Waals surface area contributed by atoms with Crippen molar-refractivity contribution in [3.63, 3.8) is 0 Å². The topological polar surface area (TPSA) is 92.3 Å². The predicted molar refractivity (Wildman–Crippen MR) is 174 cm³/mol. The minimum Gasteiger partial charge on any atom is -0.489 e. The van der Waals surface area contributed by atoms with Crippen molar-refractivity contribution in [2.75, 3.05) is 13.2 Å². The van der Waals surface area contributed by atoms with Crippen LogP contribution in [0, 0.1) is 11.7 Å². The molecule has 1 heterocycles. The van der Waals surface area contributed by atoms with Crippen LogP contribution in [0.5, 0.6) is 0 Å². The predicted octanol–water partition coefficient (Wildman–Crippen LogP) is 8.08. The van der Waals surface area contributed by atoms with E-state index in [1.807, 2.05) is 33.8 Å². The number of hydrogen-bond acceptors (Lipinski definition) is 7. The summed E-state index contributed by atoms with van der Waals surface area (Å²) in [5.41, 5.74) is 4.76. The molecule has 8 heteroatoms. The average molecular weight is 603 g/mol. The van der Waals surface area contributed by atoms with Crippen molar-refractivity contribution in [1.29, 1.82) is 0 Å². The normalized spacial score (nSPS) is 13.1. The lowest BCUT2D eigenvalue weighted by Crippen LogP contribution is -2.21. The minimum absolute atomic E-state index is 0.0369. The van der Waals surface area contributed by atoms with Crippen molar-refractivity contribution < 1.29 is 28.2 Å². The molecular formula is C36H43FN2O5. The van der Waals surface area contributed by atoms with Gasteiger partial charge < -0.3 is 14.3 Å². The van der Waals surface area contributed by atoms with Gasteiger partial charge in [0.1, 0.15) is 24.2 Å². The van der Waals surface area contributed by atoms with E-state index in [9.17, 15) is 19.1 Å². The van der Waals surface area contributed by atoms with E-state index in [-0.39, 0.29) is 48.4 Å². The number of fused-ring (bicyclic) bond motifs is 1. The number of aliphatic hydroxyl groups is 1. The molecule has 1 aromatic carbocycles. The molecule has 0 saturated carbocycles. The van der Waals surface area contributed by atoms with Crippen LogP contribution in [0.4, 0.5) is 4.39 Å². The summed E-state index contributed by atoms with van der Waals surface area (Å²) in [5.74, 6) is -0.157. The number of benzene rings is 1. The largest absolute Gasteiger partial charge is 0.489 e. The summed E-state index contributed by atoms with van der Waals surface area (Å²) in [6.07, 6.45) is 11.9. The summed E-state index contributed by atoms with van der Waals surface area (Å²) < 4.78 is 25.4. The van der Waals surface area contributed by atoms with E-state index in [4.69, 9.17) is 9.15 Å². The van der Waals surface area contributed by atoms with Gasteiger partial charge in [-0.15, -0.1) is 5.73 Å². The van der Waals surface area contributed by atoms with Gasteiger partial charge in [-0.1, -0.05) is 63.4 Å².